The fourth-order valence-corrected chi connectivity index (χ4v) is 4.02. The number of carbonyl (C=O) groups excluding carboxylic acids is 2. The monoisotopic (exact) mass is 430 g/mol. The Hall–Kier alpha value is -3.33. The molecule has 2 fully saturated rings. The van der Waals surface area contributed by atoms with Crippen molar-refractivity contribution in [3.8, 4) is 5.75 Å². The van der Waals surface area contributed by atoms with Crippen LogP contribution in [0.25, 0.3) is 0 Å². The molecule has 1 aromatic carbocycles. The lowest BCUT2D eigenvalue weighted by Crippen LogP contribution is -2.37. The van der Waals surface area contributed by atoms with Gasteiger partial charge >= 0.3 is 6.09 Å². The van der Waals surface area contributed by atoms with Crippen LogP contribution < -0.4 is 10.6 Å². The summed E-state index contributed by atoms with van der Waals surface area (Å²) in [4.78, 5) is 41.2. The van der Waals surface area contributed by atoms with Gasteiger partial charge < -0.3 is 25.7 Å². The number of fused-ring (bicyclic) bond motifs is 1. The summed E-state index contributed by atoms with van der Waals surface area (Å²) in [7, 11) is 0. The maximum atomic E-state index is 12.5. The first-order chi connectivity index (χ1) is 14.3. The lowest BCUT2D eigenvalue weighted by atomic mass is 10.1. The molecule has 1 aromatic heterocycles. The van der Waals surface area contributed by atoms with Crippen molar-refractivity contribution in [2.24, 2.45) is 11.8 Å². The van der Waals surface area contributed by atoms with E-state index in [-0.39, 0.29) is 47.6 Å². The van der Waals surface area contributed by atoms with Gasteiger partial charge in [-0.25, -0.2) is 4.79 Å². The molecule has 4 rings (SSSR count). The SMILES string of the molecule is O=C(Cc1cc(Cl)ccc1O)Nc1ccnc(C(=O)N[C@@H]2[C@@H]3CN(C(=O)O)C[C@@H]32)c1. The molecule has 0 bridgehead atoms. The van der Waals surface area contributed by atoms with Crippen molar-refractivity contribution in [1.29, 1.82) is 0 Å². The molecule has 1 saturated carbocycles. The first-order valence-corrected chi connectivity index (χ1v) is 9.71. The van der Waals surface area contributed by atoms with E-state index in [1.165, 1.54) is 35.4 Å². The van der Waals surface area contributed by atoms with Gasteiger partial charge in [0.1, 0.15) is 11.4 Å². The van der Waals surface area contributed by atoms with Crippen LogP contribution in [0.15, 0.2) is 36.5 Å². The number of aromatic hydroxyl groups is 1. The van der Waals surface area contributed by atoms with Crippen LogP contribution in [0.4, 0.5) is 10.5 Å². The largest absolute Gasteiger partial charge is 0.508 e. The molecule has 9 nitrogen and oxygen atoms in total. The Labute approximate surface area is 176 Å². The fraction of sp³-hybridized carbons (Fsp3) is 0.300. The number of amides is 3. The number of piperidine rings is 1. The highest BCUT2D eigenvalue weighted by molar-refractivity contribution is 6.30. The number of carbonyl (C=O) groups is 3. The minimum atomic E-state index is -0.941. The van der Waals surface area contributed by atoms with Gasteiger partial charge in [-0.3, -0.25) is 14.6 Å². The average molecular weight is 431 g/mol. The minimum absolute atomic E-state index is 0.0270. The van der Waals surface area contributed by atoms with Crippen LogP contribution >= 0.6 is 11.6 Å². The summed E-state index contributed by atoms with van der Waals surface area (Å²) in [5.74, 6) is -0.507. The molecular formula is C20H19ClN4O5. The van der Waals surface area contributed by atoms with Gasteiger partial charge in [-0.15, -0.1) is 0 Å². The average Bonchev–Trinajstić information content (AvgIpc) is 3.12. The number of rotatable bonds is 5. The molecule has 3 atom stereocenters. The van der Waals surface area contributed by atoms with E-state index in [4.69, 9.17) is 16.7 Å². The number of hydrogen-bond donors (Lipinski definition) is 4. The number of pyridine rings is 1. The number of anilines is 1. The number of halogens is 1. The Kier molecular flexibility index (Phi) is 5.21. The van der Waals surface area contributed by atoms with Crippen LogP contribution in [-0.2, 0) is 11.2 Å². The van der Waals surface area contributed by atoms with Crippen molar-refractivity contribution in [2.75, 3.05) is 18.4 Å². The van der Waals surface area contributed by atoms with E-state index in [2.05, 4.69) is 15.6 Å². The number of aromatic nitrogens is 1. The summed E-state index contributed by atoms with van der Waals surface area (Å²) in [6.45, 7) is 0.843. The van der Waals surface area contributed by atoms with Crippen LogP contribution in [0.5, 0.6) is 5.75 Å². The van der Waals surface area contributed by atoms with Gasteiger partial charge in [0.15, 0.2) is 0 Å². The van der Waals surface area contributed by atoms with E-state index in [0.29, 0.717) is 29.4 Å². The number of phenolic OH excluding ortho intramolecular Hbond substituents is 1. The second-order valence-corrected chi connectivity index (χ2v) is 7.88. The van der Waals surface area contributed by atoms with Crippen LogP contribution in [0, 0.1) is 11.8 Å². The second-order valence-electron chi connectivity index (χ2n) is 7.44. The van der Waals surface area contributed by atoms with Gasteiger partial charge in [0.05, 0.1) is 6.42 Å². The zero-order chi connectivity index (χ0) is 21.4. The number of likely N-dealkylation sites (tertiary alicyclic amines) is 1. The molecule has 10 heteroatoms. The molecule has 1 aliphatic heterocycles. The smallest absolute Gasteiger partial charge is 0.407 e. The van der Waals surface area contributed by atoms with Crippen LogP contribution in [0.2, 0.25) is 5.02 Å². The Balaban J connectivity index is 1.34. The van der Waals surface area contributed by atoms with Crippen molar-refractivity contribution in [3.63, 3.8) is 0 Å². The Bertz CT molecular complexity index is 1020. The predicted octanol–water partition coefficient (Wildman–Crippen LogP) is 1.96. The molecule has 2 aliphatic rings. The molecule has 0 unspecified atom stereocenters. The van der Waals surface area contributed by atoms with Gasteiger partial charge in [-0.2, -0.15) is 0 Å². The molecule has 1 saturated heterocycles. The summed E-state index contributed by atoms with van der Waals surface area (Å²) in [5.41, 5.74) is 0.941. The molecule has 2 heterocycles. The lowest BCUT2D eigenvalue weighted by molar-refractivity contribution is -0.115. The van der Waals surface area contributed by atoms with Crippen LogP contribution in [-0.4, -0.2) is 57.1 Å². The van der Waals surface area contributed by atoms with E-state index < -0.39 is 6.09 Å². The summed E-state index contributed by atoms with van der Waals surface area (Å²) in [5, 5.41) is 24.8. The normalized spacial score (nSPS) is 21.6. The topological polar surface area (TPSA) is 132 Å². The summed E-state index contributed by atoms with van der Waals surface area (Å²) < 4.78 is 0. The number of hydrogen-bond acceptors (Lipinski definition) is 5. The van der Waals surface area contributed by atoms with E-state index in [0.717, 1.165) is 0 Å². The van der Waals surface area contributed by atoms with Gasteiger partial charge in [-0.1, -0.05) is 11.6 Å². The highest BCUT2D eigenvalue weighted by Gasteiger charge is 2.57. The summed E-state index contributed by atoms with van der Waals surface area (Å²) in [6, 6.07) is 7.43. The number of nitrogens with one attached hydrogen (secondary N) is 2. The Morgan fingerprint density at radius 3 is 2.60 bits per heavy atom. The molecule has 156 valence electrons. The molecule has 0 radical (unpaired) electrons. The van der Waals surface area contributed by atoms with Crippen molar-refractivity contribution < 1.29 is 24.6 Å². The zero-order valence-electron chi connectivity index (χ0n) is 15.7. The molecule has 0 spiro atoms. The Morgan fingerprint density at radius 1 is 1.17 bits per heavy atom. The van der Waals surface area contributed by atoms with Crippen molar-refractivity contribution >= 4 is 35.2 Å². The Morgan fingerprint density at radius 2 is 1.90 bits per heavy atom. The van der Waals surface area contributed by atoms with E-state index >= 15 is 0 Å². The molecule has 30 heavy (non-hydrogen) atoms. The van der Waals surface area contributed by atoms with Gasteiger partial charge in [0, 0.05) is 53.4 Å². The second kappa shape index (κ2) is 7.83. The standard InChI is InChI=1S/C20H19ClN4O5/c21-11-1-2-16(26)10(5-11)6-17(27)23-12-3-4-22-15(7-12)19(28)24-18-13-8-25(20(29)30)9-14(13)18/h1-5,7,13-14,18,26H,6,8-9H2,(H,24,28)(H,29,30)(H,22,23,27)/t13-,14+,18-. The fourth-order valence-electron chi connectivity index (χ4n) is 3.83. The zero-order valence-corrected chi connectivity index (χ0v) is 16.5. The first kappa shape index (κ1) is 20.0. The highest BCUT2D eigenvalue weighted by Crippen LogP contribution is 2.45. The maximum absolute atomic E-state index is 12.5. The number of phenols is 1. The van der Waals surface area contributed by atoms with Gasteiger partial charge in [-0.05, 0) is 30.3 Å². The van der Waals surface area contributed by atoms with Gasteiger partial charge in [0.2, 0.25) is 5.91 Å². The first-order valence-electron chi connectivity index (χ1n) is 9.34. The molecule has 4 N–H and O–H groups in total. The minimum Gasteiger partial charge on any atom is -0.508 e. The third-order valence-electron chi connectivity index (χ3n) is 5.43. The lowest BCUT2D eigenvalue weighted by Gasteiger charge is -2.16. The quantitative estimate of drug-likeness (QED) is 0.573. The number of benzene rings is 1. The van der Waals surface area contributed by atoms with Crippen molar-refractivity contribution in [1.82, 2.24) is 15.2 Å². The number of carboxylic acid groups (broad SMARTS) is 1. The van der Waals surface area contributed by atoms with Crippen molar-refractivity contribution in [2.45, 2.75) is 12.5 Å². The van der Waals surface area contributed by atoms with E-state index in [1.54, 1.807) is 6.07 Å². The molecule has 3 amide bonds. The van der Waals surface area contributed by atoms with Crippen LogP contribution in [0.3, 0.4) is 0 Å². The summed E-state index contributed by atoms with van der Waals surface area (Å²) in [6.07, 6.45) is 0.395. The van der Waals surface area contributed by atoms with E-state index in [1.807, 2.05) is 0 Å². The van der Waals surface area contributed by atoms with Crippen molar-refractivity contribution in [3.05, 3.63) is 52.8 Å². The van der Waals surface area contributed by atoms with E-state index in [9.17, 15) is 19.5 Å². The number of nitrogens with zero attached hydrogens (tertiary/aromatic N) is 2. The predicted molar refractivity (Wildman–Crippen MR) is 108 cm³/mol. The third-order valence-corrected chi connectivity index (χ3v) is 5.67. The molecular weight excluding hydrogens is 412 g/mol. The third kappa shape index (κ3) is 4.16. The molecule has 1 aliphatic carbocycles. The van der Waals surface area contributed by atoms with Crippen LogP contribution in [0.1, 0.15) is 16.1 Å². The highest BCUT2D eigenvalue weighted by atomic mass is 35.5. The maximum Gasteiger partial charge on any atom is 0.407 e. The summed E-state index contributed by atoms with van der Waals surface area (Å²) >= 11 is 5.89. The molecule has 2 aromatic rings. The van der Waals surface area contributed by atoms with Gasteiger partial charge in [0.25, 0.3) is 5.91 Å².